The van der Waals surface area contributed by atoms with Gasteiger partial charge in [-0.2, -0.15) is 5.26 Å². The van der Waals surface area contributed by atoms with Crippen LogP contribution in [-0.2, 0) is 11.2 Å². The fourth-order valence-corrected chi connectivity index (χ4v) is 1.71. The van der Waals surface area contributed by atoms with Gasteiger partial charge in [-0.1, -0.05) is 26.0 Å². The quantitative estimate of drug-likeness (QED) is 0.638. The molecule has 0 aliphatic heterocycles. The van der Waals surface area contributed by atoms with E-state index in [0.717, 1.165) is 30.3 Å². The van der Waals surface area contributed by atoms with E-state index in [1.54, 1.807) is 0 Å². The fourth-order valence-electron chi connectivity index (χ4n) is 1.71. The molecule has 0 aromatic heterocycles. The first-order valence-electron chi connectivity index (χ1n) is 6.89. The Labute approximate surface area is 116 Å². The van der Waals surface area contributed by atoms with Crippen molar-refractivity contribution in [1.29, 1.82) is 5.26 Å². The van der Waals surface area contributed by atoms with Gasteiger partial charge in [-0.3, -0.25) is 0 Å². The molecule has 19 heavy (non-hydrogen) atoms. The van der Waals surface area contributed by atoms with E-state index in [1.807, 2.05) is 24.3 Å². The minimum absolute atomic E-state index is 0.444. The van der Waals surface area contributed by atoms with Crippen LogP contribution in [0.25, 0.3) is 0 Å². The zero-order valence-corrected chi connectivity index (χ0v) is 11.9. The van der Waals surface area contributed by atoms with Crippen LogP contribution in [0.4, 0.5) is 0 Å². The third kappa shape index (κ3) is 7.48. The Morgan fingerprint density at radius 3 is 2.47 bits per heavy atom. The van der Waals surface area contributed by atoms with Gasteiger partial charge in [-0.25, -0.2) is 0 Å². The van der Waals surface area contributed by atoms with Crippen molar-refractivity contribution in [1.82, 2.24) is 0 Å². The molecule has 0 aliphatic rings. The molecule has 1 aromatic rings. The summed E-state index contributed by atoms with van der Waals surface area (Å²) < 4.78 is 11.1. The Hall–Kier alpha value is -1.53. The lowest BCUT2D eigenvalue weighted by atomic mass is 10.1. The number of nitrogens with zero attached hydrogens (tertiary/aromatic N) is 1. The molecule has 3 heteroatoms. The lowest BCUT2D eigenvalue weighted by Crippen LogP contribution is -2.08. The molecule has 0 aliphatic carbocycles. The summed E-state index contributed by atoms with van der Waals surface area (Å²) in [5.74, 6) is 1.57. The fraction of sp³-hybridized carbons (Fsp3) is 0.562. The van der Waals surface area contributed by atoms with Crippen molar-refractivity contribution in [2.75, 3.05) is 19.8 Å². The standard InChI is InChI=1S/C16H23NO2/c1-14(2)4-3-11-18-12-13-19-16-7-5-15(6-8-16)9-10-17/h5-8,14H,3-4,9,11-13H2,1-2H3. The van der Waals surface area contributed by atoms with Gasteiger partial charge in [0.25, 0.3) is 0 Å². The summed E-state index contributed by atoms with van der Waals surface area (Å²) in [6.07, 6.45) is 2.76. The van der Waals surface area contributed by atoms with Crippen LogP contribution in [0.3, 0.4) is 0 Å². The molecular formula is C16H23NO2. The molecule has 0 heterocycles. The molecular weight excluding hydrogens is 238 g/mol. The molecule has 0 fully saturated rings. The highest BCUT2D eigenvalue weighted by Gasteiger charge is 1.97. The molecule has 0 N–H and O–H groups in total. The van der Waals surface area contributed by atoms with E-state index in [9.17, 15) is 0 Å². The largest absolute Gasteiger partial charge is 0.491 e. The number of hydrogen-bond donors (Lipinski definition) is 0. The number of benzene rings is 1. The highest BCUT2D eigenvalue weighted by molar-refractivity contribution is 5.28. The molecule has 0 amide bonds. The zero-order chi connectivity index (χ0) is 13.9. The van der Waals surface area contributed by atoms with Crippen molar-refractivity contribution in [3.05, 3.63) is 29.8 Å². The predicted molar refractivity (Wildman–Crippen MR) is 76.1 cm³/mol. The molecule has 104 valence electrons. The van der Waals surface area contributed by atoms with Gasteiger partial charge < -0.3 is 9.47 Å². The summed E-state index contributed by atoms with van der Waals surface area (Å²) in [4.78, 5) is 0. The summed E-state index contributed by atoms with van der Waals surface area (Å²) in [5, 5.41) is 8.57. The second-order valence-corrected chi connectivity index (χ2v) is 4.98. The summed E-state index contributed by atoms with van der Waals surface area (Å²) in [6, 6.07) is 9.75. The topological polar surface area (TPSA) is 42.2 Å². The monoisotopic (exact) mass is 261 g/mol. The zero-order valence-electron chi connectivity index (χ0n) is 11.9. The van der Waals surface area contributed by atoms with Crippen molar-refractivity contribution in [3.63, 3.8) is 0 Å². The van der Waals surface area contributed by atoms with Crippen LogP contribution >= 0.6 is 0 Å². The van der Waals surface area contributed by atoms with Crippen LogP contribution in [0, 0.1) is 17.2 Å². The molecule has 0 atom stereocenters. The average molecular weight is 261 g/mol. The second-order valence-electron chi connectivity index (χ2n) is 4.98. The van der Waals surface area contributed by atoms with Crippen molar-refractivity contribution >= 4 is 0 Å². The maximum Gasteiger partial charge on any atom is 0.119 e. The Morgan fingerprint density at radius 1 is 1.11 bits per heavy atom. The van der Waals surface area contributed by atoms with E-state index in [-0.39, 0.29) is 0 Å². The van der Waals surface area contributed by atoms with E-state index >= 15 is 0 Å². The normalized spacial score (nSPS) is 10.4. The minimum Gasteiger partial charge on any atom is -0.491 e. The maximum absolute atomic E-state index is 8.57. The highest BCUT2D eigenvalue weighted by Crippen LogP contribution is 2.12. The number of rotatable bonds is 9. The van der Waals surface area contributed by atoms with E-state index in [4.69, 9.17) is 14.7 Å². The summed E-state index contributed by atoms with van der Waals surface area (Å²) in [6.45, 7) is 6.44. The van der Waals surface area contributed by atoms with Crippen LogP contribution in [0.1, 0.15) is 32.3 Å². The van der Waals surface area contributed by atoms with Gasteiger partial charge in [0.1, 0.15) is 12.4 Å². The second kappa shape index (κ2) is 9.41. The van der Waals surface area contributed by atoms with E-state index < -0.39 is 0 Å². The third-order valence-corrected chi connectivity index (χ3v) is 2.77. The molecule has 1 rings (SSSR count). The summed E-state index contributed by atoms with van der Waals surface area (Å²) in [7, 11) is 0. The Morgan fingerprint density at radius 2 is 1.84 bits per heavy atom. The molecule has 1 aromatic carbocycles. The van der Waals surface area contributed by atoms with Gasteiger partial charge in [-0.15, -0.1) is 0 Å². The first-order valence-corrected chi connectivity index (χ1v) is 6.89. The van der Waals surface area contributed by atoms with Crippen molar-refractivity contribution in [2.24, 2.45) is 5.92 Å². The molecule has 0 unspecified atom stereocenters. The Bertz CT molecular complexity index is 379. The van der Waals surface area contributed by atoms with Gasteiger partial charge in [0.2, 0.25) is 0 Å². The van der Waals surface area contributed by atoms with Gasteiger partial charge in [0, 0.05) is 6.61 Å². The van der Waals surface area contributed by atoms with E-state index in [1.165, 1.54) is 6.42 Å². The Kier molecular flexibility index (Phi) is 7.69. The van der Waals surface area contributed by atoms with E-state index in [2.05, 4.69) is 19.9 Å². The first kappa shape index (κ1) is 15.5. The van der Waals surface area contributed by atoms with Crippen LogP contribution in [0.15, 0.2) is 24.3 Å². The lowest BCUT2D eigenvalue weighted by Gasteiger charge is -2.08. The molecule has 0 spiro atoms. The first-order chi connectivity index (χ1) is 9.22. The molecule has 0 bridgehead atoms. The Balaban J connectivity index is 2.07. The summed E-state index contributed by atoms with van der Waals surface area (Å²) >= 11 is 0. The number of nitriles is 1. The van der Waals surface area contributed by atoms with E-state index in [0.29, 0.717) is 19.6 Å². The smallest absolute Gasteiger partial charge is 0.119 e. The molecule has 3 nitrogen and oxygen atoms in total. The third-order valence-electron chi connectivity index (χ3n) is 2.77. The van der Waals surface area contributed by atoms with Gasteiger partial charge in [-0.05, 0) is 36.5 Å². The van der Waals surface area contributed by atoms with Gasteiger partial charge >= 0.3 is 0 Å². The van der Waals surface area contributed by atoms with Crippen molar-refractivity contribution in [3.8, 4) is 11.8 Å². The van der Waals surface area contributed by atoms with Crippen molar-refractivity contribution < 1.29 is 9.47 Å². The van der Waals surface area contributed by atoms with Gasteiger partial charge in [0.05, 0.1) is 19.1 Å². The minimum atomic E-state index is 0.444. The molecule has 0 radical (unpaired) electrons. The molecule has 0 saturated heterocycles. The van der Waals surface area contributed by atoms with Crippen LogP contribution in [-0.4, -0.2) is 19.8 Å². The lowest BCUT2D eigenvalue weighted by molar-refractivity contribution is 0.0957. The van der Waals surface area contributed by atoms with Crippen LogP contribution in [0.5, 0.6) is 5.75 Å². The highest BCUT2D eigenvalue weighted by atomic mass is 16.5. The van der Waals surface area contributed by atoms with Crippen LogP contribution in [0.2, 0.25) is 0 Å². The van der Waals surface area contributed by atoms with Gasteiger partial charge in [0.15, 0.2) is 0 Å². The van der Waals surface area contributed by atoms with Crippen LogP contribution < -0.4 is 4.74 Å². The number of ether oxygens (including phenoxy) is 2. The SMILES string of the molecule is CC(C)CCCOCCOc1ccc(CC#N)cc1. The molecule has 0 saturated carbocycles. The summed E-state index contributed by atoms with van der Waals surface area (Å²) in [5.41, 5.74) is 1.01. The van der Waals surface area contributed by atoms with Crippen molar-refractivity contribution in [2.45, 2.75) is 33.1 Å². The maximum atomic E-state index is 8.57. The predicted octanol–water partition coefficient (Wildman–Crippen LogP) is 3.58. The number of hydrogen-bond acceptors (Lipinski definition) is 3. The average Bonchev–Trinajstić information content (AvgIpc) is 2.39.